The van der Waals surface area contributed by atoms with Crippen molar-refractivity contribution in [3.05, 3.63) is 45.4 Å². The van der Waals surface area contributed by atoms with Crippen LogP contribution in [0, 0.1) is 6.92 Å². The third kappa shape index (κ3) is 3.70. The predicted octanol–water partition coefficient (Wildman–Crippen LogP) is 3.90. The van der Waals surface area contributed by atoms with Gasteiger partial charge in [0.05, 0.1) is 31.3 Å². The van der Waals surface area contributed by atoms with Gasteiger partial charge in [0.25, 0.3) is 0 Å². The summed E-state index contributed by atoms with van der Waals surface area (Å²) < 4.78 is 10.1. The van der Waals surface area contributed by atoms with E-state index >= 15 is 0 Å². The van der Waals surface area contributed by atoms with E-state index in [1.165, 1.54) is 20.6 Å². The number of esters is 2. The second kappa shape index (κ2) is 8.08. The van der Waals surface area contributed by atoms with Crippen molar-refractivity contribution in [2.45, 2.75) is 51.0 Å². The van der Waals surface area contributed by atoms with E-state index in [9.17, 15) is 9.59 Å². The van der Waals surface area contributed by atoms with Crippen LogP contribution in [0.3, 0.4) is 0 Å². The smallest absolute Gasteiger partial charge is 0.336 e. The molecule has 0 amide bonds. The maximum absolute atomic E-state index is 12.6. The molecule has 3 rings (SSSR count). The molecule has 0 radical (unpaired) electrons. The summed E-state index contributed by atoms with van der Waals surface area (Å²) in [5.41, 5.74) is 0.977. The van der Waals surface area contributed by atoms with Crippen LogP contribution in [0.1, 0.15) is 47.8 Å². The molecule has 0 saturated heterocycles. The van der Waals surface area contributed by atoms with E-state index in [1.807, 2.05) is 36.4 Å². The van der Waals surface area contributed by atoms with Crippen molar-refractivity contribution in [2.75, 3.05) is 14.2 Å². The number of nitrogens with zero attached hydrogens (tertiary/aromatic N) is 1. The number of carbonyl (C=O) groups is 2. The van der Waals surface area contributed by atoms with Crippen LogP contribution in [0.25, 0.3) is 0 Å². The van der Waals surface area contributed by atoms with Gasteiger partial charge < -0.3 is 14.4 Å². The SMILES string of the molecule is COC(=O)C1=CN(C2CCCCC2)C=C(C(=O)OC)C1c1ccc(C)s1. The predicted molar refractivity (Wildman–Crippen MR) is 101 cm³/mol. The molecule has 0 bridgehead atoms. The minimum atomic E-state index is -0.451. The normalized spacial score (nSPS) is 19.0. The number of hydrogen-bond donors (Lipinski definition) is 0. The van der Waals surface area contributed by atoms with Gasteiger partial charge in [-0.25, -0.2) is 9.59 Å². The van der Waals surface area contributed by atoms with E-state index in [4.69, 9.17) is 9.47 Å². The third-order valence-electron chi connectivity index (χ3n) is 5.08. The molecule has 140 valence electrons. The number of methoxy groups -OCH3 is 2. The van der Waals surface area contributed by atoms with Crippen molar-refractivity contribution >= 4 is 23.3 Å². The second-order valence-electron chi connectivity index (χ2n) is 6.77. The zero-order valence-corrected chi connectivity index (χ0v) is 16.3. The lowest BCUT2D eigenvalue weighted by Gasteiger charge is -2.36. The van der Waals surface area contributed by atoms with Gasteiger partial charge in [-0.05, 0) is 31.9 Å². The molecule has 0 aromatic carbocycles. The summed E-state index contributed by atoms with van der Waals surface area (Å²) in [5.74, 6) is -1.26. The van der Waals surface area contributed by atoms with Gasteiger partial charge in [0.15, 0.2) is 0 Å². The number of thiophene rings is 1. The Morgan fingerprint density at radius 1 is 1.00 bits per heavy atom. The molecule has 0 atom stereocenters. The fourth-order valence-corrected chi connectivity index (χ4v) is 4.77. The Bertz CT molecular complexity index is 709. The average molecular weight is 375 g/mol. The van der Waals surface area contributed by atoms with Crippen molar-refractivity contribution in [1.29, 1.82) is 0 Å². The maximum atomic E-state index is 12.6. The molecule has 0 N–H and O–H groups in total. The number of aryl methyl sites for hydroxylation is 1. The Kier molecular flexibility index (Phi) is 5.81. The minimum Gasteiger partial charge on any atom is -0.466 e. The molecule has 26 heavy (non-hydrogen) atoms. The van der Waals surface area contributed by atoms with Crippen molar-refractivity contribution in [3.63, 3.8) is 0 Å². The first kappa shape index (κ1) is 18.7. The topological polar surface area (TPSA) is 55.8 Å². The van der Waals surface area contributed by atoms with Crippen LogP contribution < -0.4 is 0 Å². The fourth-order valence-electron chi connectivity index (χ4n) is 3.76. The van der Waals surface area contributed by atoms with Crippen LogP contribution in [0.4, 0.5) is 0 Å². The number of hydrogen-bond acceptors (Lipinski definition) is 6. The van der Waals surface area contributed by atoms with Crippen LogP contribution in [-0.2, 0) is 19.1 Å². The van der Waals surface area contributed by atoms with Crippen LogP contribution in [0.15, 0.2) is 35.7 Å². The summed E-state index contributed by atoms with van der Waals surface area (Å²) in [6.07, 6.45) is 9.41. The highest BCUT2D eigenvalue weighted by atomic mass is 32.1. The fraction of sp³-hybridized carbons (Fsp3) is 0.500. The molecule has 6 heteroatoms. The van der Waals surface area contributed by atoms with E-state index in [1.54, 1.807) is 11.3 Å². The van der Waals surface area contributed by atoms with Crippen molar-refractivity contribution in [1.82, 2.24) is 4.90 Å². The molecule has 1 fully saturated rings. The lowest BCUT2D eigenvalue weighted by atomic mass is 9.86. The first-order valence-corrected chi connectivity index (χ1v) is 9.80. The summed E-state index contributed by atoms with van der Waals surface area (Å²) in [6.45, 7) is 2.01. The summed E-state index contributed by atoms with van der Waals surface area (Å²) in [7, 11) is 2.75. The van der Waals surface area contributed by atoms with Gasteiger partial charge in [0.2, 0.25) is 0 Å². The quantitative estimate of drug-likeness (QED) is 0.747. The zero-order chi connectivity index (χ0) is 18.7. The monoisotopic (exact) mass is 375 g/mol. The summed E-state index contributed by atoms with van der Waals surface area (Å²) in [5, 5.41) is 0. The minimum absolute atomic E-state index is 0.300. The van der Waals surface area contributed by atoms with Crippen LogP contribution >= 0.6 is 11.3 Å². The van der Waals surface area contributed by atoms with Gasteiger partial charge in [0, 0.05) is 28.2 Å². The lowest BCUT2D eigenvalue weighted by Crippen LogP contribution is -2.35. The van der Waals surface area contributed by atoms with Gasteiger partial charge in [-0.2, -0.15) is 0 Å². The Balaban J connectivity index is 2.06. The molecule has 1 aliphatic carbocycles. The standard InChI is InChI=1S/C20H25NO4S/c1-13-9-10-17(26-13)18-15(19(22)24-2)11-21(12-16(18)20(23)25-3)14-7-5-4-6-8-14/h9-12,14,18H,4-8H2,1-3H3. The molecular weight excluding hydrogens is 350 g/mol. The molecule has 1 aromatic rings. The van der Waals surface area contributed by atoms with Gasteiger partial charge >= 0.3 is 11.9 Å². The molecule has 0 spiro atoms. The van der Waals surface area contributed by atoms with Gasteiger partial charge in [-0.1, -0.05) is 19.3 Å². The van der Waals surface area contributed by atoms with Gasteiger partial charge in [0.1, 0.15) is 0 Å². The molecule has 0 unspecified atom stereocenters. The average Bonchev–Trinajstić information content (AvgIpc) is 3.12. The molecule has 2 aliphatic rings. The number of rotatable bonds is 4. The first-order chi connectivity index (χ1) is 12.5. The Morgan fingerprint density at radius 2 is 1.58 bits per heavy atom. The Hall–Kier alpha value is -2.08. The second-order valence-corrected chi connectivity index (χ2v) is 8.09. The highest BCUT2D eigenvalue weighted by molar-refractivity contribution is 7.12. The number of carbonyl (C=O) groups excluding carboxylic acids is 2. The molecule has 1 aliphatic heterocycles. The van der Waals surface area contributed by atoms with Gasteiger partial charge in [-0.3, -0.25) is 0 Å². The van der Waals surface area contributed by atoms with E-state index in [0.29, 0.717) is 17.2 Å². The molecule has 1 aromatic heterocycles. The molecule has 1 saturated carbocycles. The van der Waals surface area contributed by atoms with Crippen LogP contribution in [-0.4, -0.2) is 37.1 Å². The molecule has 2 heterocycles. The van der Waals surface area contributed by atoms with Crippen molar-refractivity contribution < 1.29 is 19.1 Å². The Morgan fingerprint density at radius 3 is 2.04 bits per heavy atom. The van der Waals surface area contributed by atoms with Crippen LogP contribution in [0.5, 0.6) is 0 Å². The van der Waals surface area contributed by atoms with Crippen molar-refractivity contribution in [2.24, 2.45) is 0 Å². The summed E-state index contributed by atoms with van der Waals surface area (Å²) >= 11 is 1.58. The largest absolute Gasteiger partial charge is 0.466 e. The lowest BCUT2D eigenvalue weighted by molar-refractivity contribution is -0.137. The van der Waals surface area contributed by atoms with E-state index in [-0.39, 0.29) is 0 Å². The van der Waals surface area contributed by atoms with Gasteiger partial charge in [-0.15, -0.1) is 11.3 Å². The molecular formula is C20H25NO4S. The van der Waals surface area contributed by atoms with Crippen molar-refractivity contribution in [3.8, 4) is 0 Å². The highest BCUT2D eigenvalue weighted by Crippen LogP contribution is 2.41. The summed E-state index contributed by atoms with van der Waals surface area (Å²) in [4.78, 5) is 29.2. The van der Waals surface area contributed by atoms with E-state index in [0.717, 1.165) is 35.4 Å². The highest BCUT2D eigenvalue weighted by Gasteiger charge is 2.37. The third-order valence-corrected chi connectivity index (χ3v) is 6.15. The van der Waals surface area contributed by atoms with E-state index < -0.39 is 17.9 Å². The Labute approximate surface area is 158 Å². The number of ether oxygens (including phenoxy) is 2. The first-order valence-electron chi connectivity index (χ1n) is 8.99. The van der Waals surface area contributed by atoms with Crippen LogP contribution in [0.2, 0.25) is 0 Å². The maximum Gasteiger partial charge on any atom is 0.336 e. The zero-order valence-electron chi connectivity index (χ0n) is 15.5. The summed E-state index contributed by atoms with van der Waals surface area (Å²) in [6, 6.07) is 4.26. The molecule has 5 nitrogen and oxygen atoms in total. The van der Waals surface area contributed by atoms with E-state index in [2.05, 4.69) is 0 Å².